The van der Waals surface area contributed by atoms with E-state index in [9.17, 15) is 18.0 Å². The number of fused-ring (bicyclic) bond motifs is 1. The number of alkyl halides is 3. The van der Waals surface area contributed by atoms with Gasteiger partial charge in [0.2, 0.25) is 0 Å². The highest BCUT2D eigenvalue weighted by Crippen LogP contribution is 2.30. The Morgan fingerprint density at radius 3 is 2.48 bits per heavy atom. The van der Waals surface area contributed by atoms with E-state index in [4.69, 9.17) is 9.84 Å². The minimum atomic E-state index is -4.37. The van der Waals surface area contributed by atoms with Crippen molar-refractivity contribution in [2.24, 2.45) is 0 Å². The molecule has 1 amide bonds. The van der Waals surface area contributed by atoms with E-state index in [-0.39, 0.29) is 25.2 Å². The first-order valence-corrected chi connectivity index (χ1v) is 9.01. The van der Waals surface area contributed by atoms with E-state index in [2.05, 4.69) is 5.32 Å². The topological polar surface area (TPSA) is 58.6 Å². The van der Waals surface area contributed by atoms with Crippen LogP contribution in [-0.2, 0) is 12.8 Å². The van der Waals surface area contributed by atoms with Crippen molar-refractivity contribution >= 4 is 16.7 Å². The lowest BCUT2D eigenvalue weighted by Gasteiger charge is -2.13. The van der Waals surface area contributed by atoms with Gasteiger partial charge in [0.25, 0.3) is 5.91 Å². The van der Waals surface area contributed by atoms with Crippen LogP contribution in [0.5, 0.6) is 5.75 Å². The monoisotopic (exact) mass is 403 g/mol. The number of hydrogen-bond donors (Lipinski definition) is 2. The van der Waals surface area contributed by atoms with Crippen molar-refractivity contribution < 1.29 is 27.8 Å². The molecule has 3 rings (SSSR count). The van der Waals surface area contributed by atoms with Gasteiger partial charge < -0.3 is 15.2 Å². The van der Waals surface area contributed by atoms with Crippen LogP contribution in [0.15, 0.2) is 60.7 Å². The molecule has 152 valence electrons. The van der Waals surface area contributed by atoms with Crippen LogP contribution in [-0.4, -0.2) is 23.7 Å². The van der Waals surface area contributed by atoms with Gasteiger partial charge >= 0.3 is 6.18 Å². The van der Waals surface area contributed by atoms with E-state index in [1.54, 1.807) is 37.3 Å². The molecule has 4 nitrogen and oxygen atoms in total. The lowest BCUT2D eigenvalue weighted by atomic mass is 10.1. The van der Waals surface area contributed by atoms with Gasteiger partial charge in [-0.05, 0) is 54.3 Å². The highest BCUT2D eigenvalue weighted by molar-refractivity contribution is 6.00. The summed E-state index contributed by atoms with van der Waals surface area (Å²) in [6, 6.07) is 15.0. The normalized spacial score (nSPS) is 12.6. The van der Waals surface area contributed by atoms with E-state index in [1.165, 1.54) is 12.1 Å². The van der Waals surface area contributed by atoms with Gasteiger partial charge in [-0.3, -0.25) is 4.79 Å². The molecule has 0 aliphatic rings. The number of amides is 1. The third kappa shape index (κ3) is 5.06. The first-order valence-electron chi connectivity index (χ1n) is 9.01. The molecule has 0 spiro atoms. The molecule has 2 N–H and O–H groups in total. The number of rotatable bonds is 6. The minimum absolute atomic E-state index is 0.119. The SMILES string of the molecule is CC(CO)NC(=O)c1ccc2c(OCc3ccc(C(F)(F)F)cc3)cccc2c1. The van der Waals surface area contributed by atoms with Crippen molar-refractivity contribution in [3.05, 3.63) is 77.4 Å². The fourth-order valence-electron chi connectivity index (χ4n) is 2.82. The lowest BCUT2D eigenvalue weighted by molar-refractivity contribution is -0.137. The number of aliphatic hydroxyl groups is 1. The van der Waals surface area contributed by atoms with Crippen molar-refractivity contribution in [3.8, 4) is 5.75 Å². The maximum absolute atomic E-state index is 12.7. The molecule has 0 bridgehead atoms. The lowest BCUT2D eigenvalue weighted by Crippen LogP contribution is -2.34. The van der Waals surface area contributed by atoms with Crippen molar-refractivity contribution in [1.29, 1.82) is 0 Å². The van der Waals surface area contributed by atoms with Gasteiger partial charge in [-0.1, -0.05) is 24.3 Å². The summed E-state index contributed by atoms with van der Waals surface area (Å²) in [7, 11) is 0. The second kappa shape index (κ2) is 8.53. The number of ether oxygens (including phenoxy) is 1. The molecule has 0 radical (unpaired) electrons. The smallest absolute Gasteiger partial charge is 0.416 e. The van der Waals surface area contributed by atoms with Gasteiger partial charge in [0.15, 0.2) is 0 Å². The molecule has 1 unspecified atom stereocenters. The Bertz CT molecular complexity index is 1000. The summed E-state index contributed by atoms with van der Waals surface area (Å²) in [6.07, 6.45) is -4.37. The van der Waals surface area contributed by atoms with Gasteiger partial charge in [0.1, 0.15) is 12.4 Å². The van der Waals surface area contributed by atoms with Gasteiger partial charge in [-0.15, -0.1) is 0 Å². The maximum Gasteiger partial charge on any atom is 0.416 e. The molecule has 0 aliphatic carbocycles. The summed E-state index contributed by atoms with van der Waals surface area (Å²) in [4.78, 5) is 12.2. The van der Waals surface area contributed by atoms with Crippen molar-refractivity contribution in [3.63, 3.8) is 0 Å². The Morgan fingerprint density at radius 1 is 1.10 bits per heavy atom. The van der Waals surface area contributed by atoms with E-state index in [0.717, 1.165) is 22.9 Å². The Balaban J connectivity index is 1.75. The largest absolute Gasteiger partial charge is 0.488 e. The fraction of sp³-hybridized carbons (Fsp3) is 0.227. The second-order valence-electron chi connectivity index (χ2n) is 6.73. The van der Waals surface area contributed by atoms with Crippen molar-refractivity contribution in [2.45, 2.75) is 25.7 Å². The van der Waals surface area contributed by atoms with Gasteiger partial charge in [0, 0.05) is 17.0 Å². The molecule has 29 heavy (non-hydrogen) atoms. The summed E-state index contributed by atoms with van der Waals surface area (Å²) in [5, 5.41) is 13.3. The highest BCUT2D eigenvalue weighted by Gasteiger charge is 2.29. The molecule has 0 saturated heterocycles. The molecular formula is C22H20F3NO3. The summed E-state index contributed by atoms with van der Waals surface area (Å²) in [5.74, 6) is 0.280. The predicted octanol–water partition coefficient (Wildman–Crippen LogP) is 4.55. The number of halogens is 3. The van der Waals surface area contributed by atoms with Crippen molar-refractivity contribution in [1.82, 2.24) is 5.32 Å². The van der Waals surface area contributed by atoms with E-state index >= 15 is 0 Å². The first kappa shape index (κ1) is 20.7. The van der Waals surface area contributed by atoms with Gasteiger partial charge in [-0.25, -0.2) is 0 Å². The number of benzene rings is 3. The molecule has 0 fully saturated rings. The number of aliphatic hydroxyl groups excluding tert-OH is 1. The zero-order valence-corrected chi connectivity index (χ0v) is 15.7. The molecule has 0 aliphatic heterocycles. The third-order valence-corrected chi connectivity index (χ3v) is 4.43. The molecule has 7 heteroatoms. The van der Waals surface area contributed by atoms with Crippen LogP contribution in [0.1, 0.15) is 28.4 Å². The van der Waals surface area contributed by atoms with Gasteiger partial charge in [0.05, 0.1) is 12.2 Å². The van der Waals surface area contributed by atoms with Crippen LogP contribution in [0.25, 0.3) is 10.8 Å². The Kier molecular flexibility index (Phi) is 6.08. The number of hydrogen-bond acceptors (Lipinski definition) is 3. The van der Waals surface area contributed by atoms with E-state index < -0.39 is 11.7 Å². The Hall–Kier alpha value is -3.06. The Morgan fingerprint density at radius 2 is 1.83 bits per heavy atom. The standard InChI is InChI=1S/C22H20F3NO3/c1-14(12-27)26-21(28)17-7-10-19-16(11-17)3-2-4-20(19)29-13-15-5-8-18(9-6-15)22(23,24)25/h2-11,14,27H,12-13H2,1H3,(H,26,28). The minimum Gasteiger partial charge on any atom is -0.488 e. The van der Waals surface area contributed by atoms with E-state index in [0.29, 0.717) is 16.9 Å². The van der Waals surface area contributed by atoms with Crippen LogP contribution in [0, 0.1) is 0 Å². The van der Waals surface area contributed by atoms with Crippen LogP contribution in [0.2, 0.25) is 0 Å². The zero-order chi connectivity index (χ0) is 21.0. The molecule has 0 aromatic heterocycles. The summed E-state index contributed by atoms with van der Waals surface area (Å²) in [6.45, 7) is 1.67. The third-order valence-electron chi connectivity index (χ3n) is 4.43. The van der Waals surface area contributed by atoms with Crippen LogP contribution < -0.4 is 10.1 Å². The van der Waals surface area contributed by atoms with Crippen LogP contribution >= 0.6 is 0 Å². The molecule has 0 heterocycles. The van der Waals surface area contributed by atoms with E-state index in [1.807, 2.05) is 6.07 Å². The quantitative estimate of drug-likeness (QED) is 0.635. The van der Waals surface area contributed by atoms with Crippen LogP contribution in [0.3, 0.4) is 0 Å². The molecular weight excluding hydrogens is 383 g/mol. The predicted molar refractivity (Wildman–Crippen MR) is 104 cm³/mol. The first-order chi connectivity index (χ1) is 13.8. The summed E-state index contributed by atoms with van der Waals surface area (Å²) >= 11 is 0. The summed E-state index contributed by atoms with van der Waals surface area (Å²) in [5.41, 5.74) is 0.370. The maximum atomic E-state index is 12.7. The summed E-state index contributed by atoms with van der Waals surface area (Å²) < 4.78 is 43.8. The second-order valence-corrected chi connectivity index (χ2v) is 6.73. The average molecular weight is 403 g/mol. The molecule has 1 atom stereocenters. The number of carbonyl (C=O) groups is 1. The van der Waals surface area contributed by atoms with Gasteiger partial charge in [-0.2, -0.15) is 13.2 Å². The van der Waals surface area contributed by atoms with Crippen molar-refractivity contribution in [2.75, 3.05) is 6.61 Å². The number of carbonyl (C=O) groups excluding carboxylic acids is 1. The molecule has 3 aromatic carbocycles. The zero-order valence-electron chi connectivity index (χ0n) is 15.7. The van der Waals surface area contributed by atoms with Crippen LogP contribution in [0.4, 0.5) is 13.2 Å². The molecule has 3 aromatic rings. The fourth-order valence-corrected chi connectivity index (χ4v) is 2.82. The average Bonchev–Trinajstić information content (AvgIpc) is 2.71. The number of nitrogens with one attached hydrogen (secondary N) is 1. The molecule has 0 saturated carbocycles. The Labute approximate surface area is 165 Å². The highest BCUT2D eigenvalue weighted by atomic mass is 19.4.